The number of amides is 2. The van der Waals surface area contributed by atoms with Gasteiger partial charge in [-0.05, 0) is 37.8 Å². The highest BCUT2D eigenvalue weighted by Gasteiger charge is 2.13. The van der Waals surface area contributed by atoms with Gasteiger partial charge in [0.2, 0.25) is 11.8 Å². The van der Waals surface area contributed by atoms with Crippen LogP contribution in [-0.4, -0.2) is 68.5 Å². The molecule has 0 radical (unpaired) electrons. The Morgan fingerprint density at radius 1 is 1.03 bits per heavy atom. The number of rotatable bonds is 17. The summed E-state index contributed by atoms with van der Waals surface area (Å²) in [4.78, 5) is 28.9. The van der Waals surface area contributed by atoms with Gasteiger partial charge in [-0.3, -0.25) is 9.59 Å². The second kappa shape index (κ2) is 17.0. The van der Waals surface area contributed by atoms with Gasteiger partial charge in [0.25, 0.3) is 0 Å². The Balaban J connectivity index is 4.90. The van der Waals surface area contributed by atoms with Crippen LogP contribution in [0, 0.1) is 5.92 Å². The minimum Gasteiger partial charge on any atom is -0.495 e. The molecular formula is C27H48N4O3. The normalized spacial score (nSPS) is 12.4. The summed E-state index contributed by atoms with van der Waals surface area (Å²) in [6.07, 6.45) is 5.70. The van der Waals surface area contributed by atoms with Gasteiger partial charge in [0.1, 0.15) is 5.76 Å². The van der Waals surface area contributed by atoms with E-state index in [4.69, 9.17) is 4.74 Å². The Hall–Kier alpha value is -2.54. The van der Waals surface area contributed by atoms with E-state index in [1.165, 1.54) is 7.11 Å². The Morgan fingerprint density at radius 2 is 1.65 bits per heavy atom. The lowest BCUT2D eigenvalue weighted by molar-refractivity contribution is -0.130. The van der Waals surface area contributed by atoms with Gasteiger partial charge in [-0.1, -0.05) is 46.4 Å². The van der Waals surface area contributed by atoms with Gasteiger partial charge in [0, 0.05) is 58.3 Å². The minimum absolute atomic E-state index is 0.0839. The number of carbonyl (C=O) groups excluding carboxylic acids is 2. The standard InChI is InChI=1S/C27H48N4O3/c1-11-25(34-10)24(29-26(32)14-15-28-21(4)5)19-22(6)12-13-27(33)31(9)17-16-30(8)23(7)18-20(2)3/h11,19-21,28H,1,7,12-18H2,2-6,8-10H3,(H,29,32)/b22-19+,25-24-. The highest BCUT2D eigenvalue weighted by atomic mass is 16.5. The zero-order valence-electron chi connectivity index (χ0n) is 22.8. The molecule has 0 spiro atoms. The summed E-state index contributed by atoms with van der Waals surface area (Å²) >= 11 is 0. The zero-order chi connectivity index (χ0) is 26.3. The van der Waals surface area contributed by atoms with Crippen LogP contribution < -0.4 is 10.6 Å². The molecule has 34 heavy (non-hydrogen) atoms. The van der Waals surface area contributed by atoms with E-state index >= 15 is 0 Å². The Labute approximate surface area is 208 Å². The molecule has 2 amide bonds. The SMILES string of the molecule is C=C/C(OC)=C(\C=C(/C)CCC(=O)N(C)CCN(C)C(=C)CC(C)C)NC(=O)CCNC(C)C. The molecule has 0 aromatic rings. The molecule has 7 heteroatoms. The lowest BCUT2D eigenvalue weighted by Gasteiger charge is -2.26. The van der Waals surface area contributed by atoms with Crippen molar-refractivity contribution in [3.05, 3.63) is 48.0 Å². The summed E-state index contributed by atoms with van der Waals surface area (Å²) in [6, 6.07) is 0.322. The molecule has 0 fully saturated rings. The third-order valence-corrected chi connectivity index (χ3v) is 5.35. The number of nitrogens with zero attached hydrogens (tertiary/aromatic N) is 2. The Kier molecular flexibility index (Phi) is 15.7. The highest BCUT2D eigenvalue weighted by molar-refractivity contribution is 5.79. The molecule has 0 aromatic heterocycles. The molecular weight excluding hydrogens is 428 g/mol. The van der Waals surface area contributed by atoms with Crippen molar-refractivity contribution in [3.8, 4) is 0 Å². The topological polar surface area (TPSA) is 73.9 Å². The van der Waals surface area contributed by atoms with Crippen molar-refractivity contribution in [2.24, 2.45) is 5.92 Å². The molecule has 194 valence electrons. The van der Waals surface area contributed by atoms with E-state index in [1.54, 1.807) is 11.0 Å². The fourth-order valence-electron chi connectivity index (χ4n) is 3.18. The molecule has 0 aliphatic rings. The number of nitrogens with one attached hydrogen (secondary N) is 2. The van der Waals surface area contributed by atoms with E-state index in [9.17, 15) is 9.59 Å². The van der Waals surface area contributed by atoms with Crippen molar-refractivity contribution >= 4 is 11.8 Å². The largest absolute Gasteiger partial charge is 0.495 e. The summed E-state index contributed by atoms with van der Waals surface area (Å²) < 4.78 is 5.37. The Morgan fingerprint density at radius 3 is 2.18 bits per heavy atom. The number of hydrogen-bond acceptors (Lipinski definition) is 5. The predicted molar refractivity (Wildman–Crippen MR) is 142 cm³/mol. The molecule has 0 saturated carbocycles. The van der Waals surface area contributed by atoms with Gasteiger partial charge < -0.3 is 25.2 Å². The molecule has 0 aromatic carbocycles. The number of hydrogen-bond donors (Lipinski definition) is 2. The summed E-state index contributed by atoms with van der Waals surface area (Å²) in [5.41, 5.74) is 2.61. The van der Waals surface area contributed by atoms with Crippen LogP contribution >= 0.6 is 0 Å². The quantitative estimate of drug-likeness (QED) is 0.243. The average molecular weight is 477 g/mol. The van der Waals surface area contributed by atoms with Crippen LogP contribution in [0.5, 0.6) is 0 Å². The van der Waals surface area contributed by atoms with Gasteiger partial charge in [-0.25, -0.2) is 0 Å². The maximum Gasteiger partial charge on any atom is 0.225 e. The smallest absolute Gasteiger partial charge is 0.225 e. The van der Waals surface area contributed by atoms with Crippen molar-refractivity contribution in [1.82, 2.24) is 20.4 Å². The maximum absolute atomic E-state index is 12.6. The summed E-state index contributed by atoms with van der Waals surface area (Å²) in [7, 11) is 5.39. The van der Waals surface area contributed by atoms with Crippen molar-refractivity contribution < 1.29 is 14.3 Å². The second-order valence-corrected chi connectivity index (χ2v) is 9.48. The fourth-order valence-corrected chi connectivity index (χ4v) is 3.18. The highest BCUT2D eigenvalue weighted by Crippen LogP contribution is 2.14. The molecule has 0 aliphatic heterocycles. The van der Waals surface area contributed by atoms with Crippen LogP contribution in [0.15, 0.2) is 48.0 Å². The van der Waals surface area contributed by atoms with Crippen LogP contribution in [0.1, 0.15) is 60.3 Å². The first-order valence-electron chi connectivity index (χ1n) is 12.1. The molecule has 0 heterocycles. The maximum atomic E-state index is 12.6. The zero-order valence-corrected chi connectivity index (χ0v) is 22.8. The predicted octanol–water partition coefficient (Wildman–Crippen LogP) is 4.21. The number of methoxy groups -OCH3 is 1. The van der Waals surface area contributed by atoms with Crippen molar-refractivity contribution in [2.45, 2.75) is 66.3 Å². The van der Waals surface area contributed by atoms with Crippen molar-refractivity contribution in [3.63, 3.8) is 0 Å². The summed E-state index contributed by atoms with van der Waals surface area (Å²) in [6.45, 7) is 20.3. The second-order valence-electron chi connectivity index (χ2n) is 9.48. The molecule has 0 bridgehead atoms. The molecule has 0 aliphatic carbocycles. The van der Waals surface area contributed by atoms with Crippen LogP contribution in [-0.2, 0) is 14.3 Å². The fraction of sp³-hybridized carbons (Fsp3) is 0.630. The summed E-state index contributed by atoms with van der Waals surface area (Å²) in [5, 5.41) is 6.14. The first-order chi connectivity index (χ1) is 15.9. The van der Waals surface area contributed by atoms with Crippen molar-refractivity contribution in [2.75, 3.05) is 40.8 Å². The Bertz CT molecular complexity index is 738. The minimum atomic E-state index is -0.109. The first kappa shape index (κ1) is 31.5. The van der Waals surface area contributed by atoms with E-state index in [0.29, 0.717) is 55.8 Å². The van der Waals surface area contributed by atoms with E-state index < -0.39 is 0 Å². The van der Waals surface area contributed by atoms with Gasteiger partial charge >= 0.3 is 0 Å². The number of likely N-dealkylation sites (N-methyl/N-ethyl adjacent to an activating group) is 2. The monoisotopic (exact) mass is 476 g/mol. The number of allylic oxidation sites excluding steroid dienone is 4. The van der Waals surface area contributed by atoms with Crippen LogP contribution in [0.4, 0.5) is 0 Å². The van der Waals surface area contributed by atoms with Crippen LogP contribution in [0.2, 0.25) is 0 Å². The average Bonchev–Trinajstić information content (AvgIpc) is 2.75. The van der Waals surface area contributed by atoms with Gasteiger partial charge in [-0.15, -0.1) is 0 Å². The van der Waals surface area contributed by atoms with E-state index in [0.717, 1.165) is 24.2 Å². The lowest BCUT2D eigenvalue weighted by atomic mass is 10.1. The van der Waals surface area contributed by atoms with Crippen LogP contribution in [0.3, 0.4) is 0 Å². The van der Waals surface area contributed by atoms with Gasteiger partial charge in [0.05, 0.1) is 12.8 Å². The number of ether oxygens (including phenoxy) is 1. The third-order valence-electron chi connectivity index (χ3n) is 5.35. The first-order valence-corrected chi connectivity index (χ1v) is 12.1. The van der Waals surface area contributed by atoms with E-state index in [-0.39, 0.29) is 11.8 Å². The molecule has 0 rings (SSSR count). The molecule has 0 atom stereocenters. The molecule has 0 saturated heterocycles. The van der Waals surface area contributed by atoms with Crippen molar-refractivity contribution in [1.29, 1.82) is 0 Å². The van der Waals surface area contributed by atoms with Crippen LogP contribution in [0.25, 0.3) is 0 Å². The molecule has 2 N–H and O–H groups in total. The van der Waals surface area contributed by atoms with E-state index in [1.807, 2.05) is 40.9 Å². The lowest BCUT2D eigenvalue weighted by Crippen LogP contribution is -2.34. The molecule has 0 unspecified atom stereocenters. The van der Waals surface area contributed by atoms with E-state index in [2.05, 4.69) is 42.5 Å². The third kappa shape index (κ3) is 13.9. The number of carbonyl (C=O) groups is 2. The van der Waals surface area contributed by atoms with Gasteiger partial charge in [-0.2, -0.15) is 0 Å². The van der Waals surface area contributed by atoms with Gasteiger partial charge in [0.15, 0.2) is 0 Å². The summed E-state index contributed by atoms with van der Waals surface area (Å²) in [5.74, 6) is 1.02. The molecule has 7 nitrogen and oxygen atoms in total.